The molecule has 0 unspecified atom stereocenters. The molecule has 0 spiro atoms. The molecule has 0 atom stereocenters. The van der Waals surface area contributed by atoms with Gasteiger partial charge in [0.15, 0.2) is 0 Å². The smallest absolute Gasteiger partial charge is 0.844 e. The number of hydrogen-bond donors (Lipinski definition) is 0. The quantitative estimate of drug-likeness (QED) is 0.344. The summed E-state index contributed by atoms with van der Waals surface area (Å²) in [5.74, 6) is 0. The van der Waals surface area contributed by atoms with E-state index in [-0.39, 0.29) is 39.9 Å². The van der Waals surface area contributed by atoms with Crippen molar-refractivity contribution in [2.24, 2.45) is 0 Å². The zero-order valence-electron chi connectivity index (χ0n) is 5.14. The van der Waals surface area contributed by atoms with E-state index in [1.54, 1.807) is 0 Å². The van der Waals surface area contributed by atoms with E-state index in [9.17, 15) is 5.11 Å². The van der Waals surface area contributed by atoms with Crippen LogP contribution in [0.15, 0.2) is 6.07 Å². The first-order chi connectivity index (χ1) is 4.18. The molecule has 0 saturated carbocycles. The van der Waals surface area contributed by atoms with Gasteiger partial charge in [-0.25, -0.2) is 9.97 Å². The minimum Gasteiger partial charge on any atom is -0.844 e. The van der Waals surface area contributed by atoms with Gasteiger partial charge < -0.3 is 5.11 Å². The summed E-state index contributed by atoms with van der Waals surface area (Å²) in [4.78, 5) is 6.50. The molecule has 10 heavy (non-hydrogen) atoms. The Hall–Kier alpha value is 0.460. The van der Waals surface area contributed by atoms with Crippen LogP contribution in [-0.4, -0.2) is 9.97 Å². The third-order valence-electron chi connectivity index (χ3n) is 0.643. The summed E-state index contributed by atoms with van der Waals surface area (Å²) in [5.41, 5.74) is 0. The van der Waals surface area contributed by atoms with Crippen LogP contribution in [0.2, 0.25) is 10.3 Å². The Labute approximate surface area is 89.7 Å². The van der Waals surface area contributed by atoms with Crippen LogP contribution in [0.5, 0.6) is 6.01 Å². The maximum absolute atomic E-state index is 10.3. The molecule has 0 aliphatic rings. The summed E-state index contributed by atoms with van der Waals surface area (Å²) >= 11 is 10.6. The SMILES string of the molecule is [Na+].[O-]c1nc(Cl)cc(Cl)n1. The summed E-state index contributed by atoms with van der Waals surface area (Å²) in [6.07, 6.45) is 0. The van der Waals surface area contributed by atoms with Crippen molar-refractivity contribution in [1.29, 1.82) is 0 Å². The maximum Gasteiger partial charge on any atom is 1.00 e. The van der Waals surface area contributed by atoms with Crippen LogP contribution >= 0.6 is 23.2 Å². The van der Waals surface area contributed by atoms with Gasteiger partial charge in [0.25, 0.3) is 0 Å². The molecule has 1 rings (SSSR count). The molecule has 1 heterocycles. The molecular weight excluding hydrogens is 186 g/mol. The van der Waals surface area contributed by atoms with Crippen molar-refractivity contribution in [1.82, 2.24) is 9.97 Å². The van der Waals surface area contributed by atoms with Gasteiger partial charge in [0.2, 0.25) is 0 Å². The summed E-state index contributed by atoms with van der Waals surface area (Å²) in [6, 6.07) is 0.636. The van der Waals surface area contributed by atoms with Gasteiger partial charge in [0, 0.05) is 6.07 Å². The van der Waals surface area contributed by atoms with Gasteiger partial charge in [-0.2, -0.15) is 0 Å². The second-order valence-corrected chi connectivity index (χ2v) is 2.07. The summed E-state index contributed by atoms with van der Waals surface area (Å²) in [6.45, 7) is 0. The third-order valence-corrected chi connectivity index (χ3v) is 1.03. The van der Waals surface area contributed by atoms with Crippen LogP contribution in [0.25, 0.3) is 0 Å². The van der Waals surface area contributed by atoms with Crippen molar-refractivity contribution in [2.45, 2.75) is 0 Å². The third kappa shape index (κ3) is 3.03. The molecule has 0 radical (unpaired) electrons. The molecule has 1 aromatic rings. The summed E-state index contributed by atoms with van der Waals surface area (Å²) in [5, 5.41) is 10.5. The fourth-order valence-corrected chi connectivity index (χ4v) is 0.778. The normalized spacial score (nSPS) is 8.60. The molecule has 1 aromatic heterocycles. The average Bonchev–Trinajstić information content (AvgIpc) is 1.59. The molecule has 0 aliphatic carbocycles. The number of halogens is 2. The fourth-order valence-electron chi connectivity index (χ4n) is 0.371. The van der Waals surface area contributed by atoms with E-state index >= 15 is 0 Å². The Morgan fingerprint density at radius 3 is 1.90 bits per heavy atom. The molecule has 3 nitrogen and oxygen atoms in total. The van der Waals surface area contributed by atoms with Crippen LogP contribution in [0.3, 0.4) is 0 Å². The van der Waals surface area contributed by atoms with Crippen molar-refractivity contribution in [3.8, 4) is 6.01 Å². The van der Waals surface area contributed by atoms with Gasteiger partial charge in [-0.15, -0.1) is 0 Å². The van der Waals surface area contributed by atoms with Crippen LogP contribution in [0.1, 0.15) is 0 Å². The molecule has 0 fully saturated rings. The van der Waals surface area contributed by atoms with Gasteiger partial charge in [0.05, 0.1) is 6.01 Å². The van der Waals surface area contributed by atoms with E-state index in [0.717, 1.165) is 0 Å². The molecule has 0 aromatic carbocycles. The number of rotatable bonds is 0. The Balaban J connectivity index is 0.000000810. The van der Waals surface area contributed by atoms with Crippen molar-refractivity contribution in [3.63, 3.8) is 0 Å². The molecule has 48 valence electrons. The molecule has 0 aliphatic heterocycles. The monoisotopic (exact) mass is 186 g/mol. The second kappa shape index (κ2) is 4.36. The predicted octanol–water partition coefficient (Wildman–Crippen LogP) is -2.14. The largest absolute Gasteiger partial charge is 1.00 e. The van der Waals surface area contributed by atoms with E-state index in [1.165, 1.54) is 6.07 Å². The molecular formula is C4HCl2N2NaO. The van der Waals surface area contributed by atoms with E-state index in [2.05, 4.69) is 9.97 Å². The van der Waals surface area contributed by atoms with Crippen LogP contribution in [0, 0.1) is 0 Å². The zero-order valence-corrected chi connectivity index (χ0v) is 8.65. The van der Waals surface area contributed by atoms with Gasteiger partial charge in [-0.05, 0) is 0 Å². The first-order valence-electron chi connectivity index (χ1n) is 2.05. The Morgan fingerprint density at radius 2 is 1.60 bits per heavy atom. The van der Waals surface area contributed by atoms with Gasteiger partial charge in [-0.1, -0.05) is 23.2 Å². The van der Waals surface area contributed by atoms with Crippen molar-refractivity contribution < 1.29 is 34.7 Å². The number of nitrogens with zero attached hydrogens (tertiary/aromatic N) is 2. The molecule has 0 amide bonds. The van der Waals surface area contributed by atoms with Crippen LogP contribution in [0.4, 0.5) is 0 Å². The topological polar surface area (TPSA) is 48.8 Å². The maximum atomic E-state index is 10.3. The summed E-state index contributed by atoms with van der Waals surface area (Å²) in [7, 11) is 0. The molecule has 0 saturated heterocycles. The van der Waals surface area contributed by atoms with Crippen molar-refractivity contribution in [3.05, 3.63) is 16.4 Å². The standard InChI is InChI=1S/C4H2Cl2N2O.Na/c5-2-1-3(6)8-4(9)7-2;/h1H,(H,7,8,9);/q;+1/p-1. The van der Waals surface area contributed by atoms with Crippen molar-refractivity contribution in [2.75, 3.05) is 0 Å². The zero-order chi connectivity index (χ0) is 6.85. The Kier molecular flexibility index (Phi) is 4.56. The predicted molar refractivity (Wildman–Crippen MR) is 31.5 cm³/mol. The Morgan fingerprint density at radius 1 is 1.20 bits per heavy atom. The van der Waals surface area contributed by atoms with E-state index in [0.29, 0.717) is 0 Å². The second-order valence-electron chi connectivity index (χ2n) is 1.30. The summed E-state index contributed by atoms with van der Waals surface area (Å²) < 4.78 is 0. The van der Waals surface area contributed by atoms with E-state index in [1.807, 2.05) is 0 Å². The minimum absolute atomic E-state index is 0. The Bertz CT molecular complexity index is 182. The van der Waals surface area contributed by atoms with Gasteiger partial charge in [-0.3, -0.25) is 0 Å². The first-order valence-corrected chi connectivity index (χ1v) is 2.81. The average molecular weight is 187 g/mol. The molecule has 0 N–H and O–H groups in total. The number of aromatic nitrogens is 2. The molecule has 6 heteroatoms. The minimum atomic E-state index is -0.660. The van der Waals surface area contributed by atoms with Crippen molar-refractivity contribution >= 4 is 23.2 Å². The number of hydrogen-bond acceptors (Lipinski definition) is 3. The van der Waals surface area contributed by atoms with Gasteiger partial charge >= 0.3 is 29.6 Å². The fraction of sp³-hybridized carbons (Fsp3) is 0. The van der Waals surface area contributed by atoms with Crippen LogP contribution < -0.4 is 34.7 Å². The van der Waals surface area contributed by atoms with E-state index < -0.39 is 6.01 Å². The van der Waals surface area contributed by atoms with E-state index in [4.69, 9.17) is 23.2 Å². The first kappa shape index (κ1) is 10.5. The molecule has 0 bridgehead atoms. The van der Waals surface area contributed by atoms with Crippen LogP contribution in [-0.2, 0) is 0 Å². The van der Waals surface area contributed by atoms with Gasteiger partial charge in [0.1, 0.15) is 10.3 Å².